The first-order chi connectivity index (χ1) is 8.79. The van der Waals surface area contributed by atoms with Crippen molar-refractivity contribution >= 4 is 11.5 Å². The number of H-pyrrole nitrogens is 1. The summed E-state index contributed by atoms with van der Waals surface area (Å²) >= 11 is 0. The van der Waals surface area contributed by atoms with Crippen molar-refractivity contribution in [2.75, 3.05) is 17.6 Å². The molecule has 0 atom stereocenters. The van der Waals surface area contributed by atoms with Gasteiger partial charge in [-0.05, 0) is 18.6 Å². The van der Waals surface area contributed by atoms with Crippen molar-refractivity contribution in [3.63, 3.8) is 0 Å². The molecule has 2 aromatic rings. The molecule has 0 fully saturated rings. The Hall–Kier alpha value is -2.62. The van der Waals surface area contributed by atoms with Crippen molar-refractivity contribution in [2.24, 2.45) is 0 Å². The topological polar surface area (TPSA) is 116 Å². The highest BCUT2D eigenvalue weighted by molar-refractivity contribution is 5.54. The Bertz CT molecular complexity index is 541. The van der Waals surface area contributed by atoms with E-state index < -0.39 is 0 Å². The zero-order valence-electron chi connectivity index (χ0n) is 9.72. The van der Waals surface area contributed by atoms with Crippen molar-refractivity contribution in [1.29, 1.82) is 5.26 Å². The number of hydrogen-bond acceptors (Lipinski definition) is 6. The molecule has 2 rings (SSSR count). The first-order valence-corrected chi connectivity index (χ1v) is 5.54. The molecule has 0 bridgehead atoms. The third-order valence-electron chi connectivity index (χ3n) is 2.39. The second-order valence-electron chi connectivity index (χ2n) is 3.71. The molecular formula is C11H13N7. The van der Waals surface area contributed by atoms with E-state index in [0.29, 0.717) is 11.5 Å². The van der Waals surface area contributed by atoms with Gasteiger partial charge < -0.3 is 11.1 Å². The van der Waals surface area contributed by atoms with Crippen LogP contribution < -0.4 is 11.1 Å². The van der Waals surface area contributed by atoms with E-state index in [9.17, 15) is 0 Å². The van der Waals surface area contributed by atoms with Gasteiger partial charge in [-0.15, -0.1) is 0 Å². The fraction of sp³-hybridized carbons (Fsp3) is 0.273. The number of rotatable bonds is 5. The van der Waals surface area contributed by atoms with Crippen LogP contribution in [0.25, 0.3) is 0 Å². The molecule has 0 aliphatic heterocycles. The maximum atomic E-state index is 8.80. The van der Waals surface area contributed by atoms with Gasteiger partial charge in [0, 0.05) is 13.0 Å². The molecule has 0 aliphatic carbocycles. The van der Waals surface area contributed by atoms with Crippen LogP contribution in [0.5, 0.6) is 0 Å². The van der Waals surface area contributed by atoms with Gasteiger partial charge in [-0.2, -0.15) is 10.4 Å². The van der Waals surface area contributed by atoms with E-state index in [4.69, 9.17) is 11.0 Å². The van der Waals surface area contributed by atoms with Crippen LogP contribution in [0.2, 0.25) is 0 Å². The average Bonchev–Trinajstić information content (AvgIpc) is 2.89. The SMILES string of the molecule is N#Cc1nc(NCCCc2ncn[nH]2)ccc1N. The molecule has 0 amide bonds. The average molecular weight is 243 g/mol. The molecule has 0 aromatic carbocycles. The van der Waals surface area contributed by atoms with Crippen LogP contribution in [0.1, 0.15) is 17.9 Å². The molecule has 18 heavy (non-hydrogen) atoms. The number of anilines is 2. The second-order valence-corrected chi connectivity index (χ2v) is 3.71. The zero-order valence-corrected chi connectivity index (χ0v) is 9.72. The molecule has 7 heteroatoms. The summed E-state index contributed by atoms with van der Waals surface area (Å²) in [6, 6.07) is 5.37. The summed E-state index contributed by atoms with van der Waals surface area (Å²) in [6.45, 7) is 0.739. The summed E-state index contributed by atoms with van der Waals surface area (Å²) in [4.78, 5) is 8.12. The Balaban J connectivity index is 1.82. The standard InChI is InChI=1S/C11H13N7/c12-6-9-8(13)3-4-10(17-9)14-5-1-2-11-15-7-16-18-11/h3-4,7H,1-2,5,13H2,(H,14,17)(H,15,16,18). The van der Waals surface area contributed by atoms with E-state index in [1.807, 2.05) is 6.07 Å². The van der Waals surface area contributed by atoms with Crippen LogP contribution in [0.4, 0.5) is 11.5 Å². The summed E-state index contributed by atoms with van der Waals surface area (Å²) in [5.41, 5.74) is 6.23. The van der Waals surface area contributed by atoms with E-state index in [1.54, 1.807) is 12.1 Å². The van der Waals surface area contributed by atoms with Gasteiger partial charge in [0.2, 0.25) is 0 Å². The number of nitrogens with two attached hydrogens (primary N) is 1. The first kappa shape index (κ1) is 11.9. The van der Waals surface area contributed by atoms with Crippen LogP contribution in [0.3, 0.4) is 0 Å². The normalized spacial score (nSPS) is 9.94. The predicted molar refractivity (Wildman–Crippen MR) is 66.6 cm³/mol. The maximum absolute atomic E-state index is 8.80. The summed E-state index contributed by atoms with van der Waals surface area (Å²) in [6.07, 6.45) is 3.19. The number of aryl methyl sites for hydroxylation is 1. The Morgan fingerprint density at radius 3 is 3.06 bits per heavy atom. The molecule has 0 saturated heterocycles. The van der Waals surface area contributed by atoms with Crippen molar-refractivity contribution in [2.45, 2.75) is 12.8 Å². The van der Waals surface area contributed by atoms with Crippen LogP contribution in [0, 0.1) is 11.3 Å². The predicted octanol–water partition coefficient (Wildman–Crippen LogP) is 0.698. The Kier molecular flexibility index (Phi) is 3.71. The number of pyridine rings is 1. The number of nitrogens with zero attached hydrogens (tertiary/aromatic N) is 4. The number of hydrogen-bond donors (Lipinski definition) is 3. The van der Waals surface area contributed by atoms with Gasteiger partial charge in [0.25, 0.3) is 0 Å². The fourth-order valence-electron chi connectivity index (χ4n) is 1.48. The monoisotopic (exact) mass is 243 g/mol. The highest BCUT2D eigenvalue weighted by atomic mass is 15.2. The van der Waals surface area contributed by atoms with Crippen LogP contribution in [-0.4, -0.2) is 26.7 Å². The van der Waals surface area contributed by atoms with Gasteiger partial charge in [0.05, 0.1) is 5.69 Å². The molecule has 7 nitrogen and oxygen atoms in total. The minimum atomic E-state index is 0.246. The van der Waals surface area contributed by atoms with Crippen molar-refractivity contribution in [3.05, 3.63) is 30.0 Å². The van der Waals surface area contributed by atoms with Gasteiger partial charge in [0.15, 0.2) is 5.69 Å². The quantitative estimate of drug-likeness (QED) is 0.665. The molecule has 92 valence electrons. The van der Waals surface area contributed by atoms with E-state index in [1.165, 1.54) is 6.33 Å². The van der Waals surface area contributed by atoms with E-state index >= 15 is 0 Å². The smallest absolute Gasteiger partial charge is 0.165 e. The molecule has 0 saturated carbocycles. The molecule has 0 radical (unpaired) electrons. The van der Waals surface area contributed by atoms with Crippen LogP contribution in [-0.2, 0) is 6.42 Å². The Morgan fingerprint density at radius 2 is 2.33 bits per heavy atom. The summed E-state index contributed by atoms with van der Waals surface area (Å²) in [7, 11) is 0. The van der Waals surface area contributed by atoms with Gasteiger partial charge in [-0.25, -0.2) is 9.97 Å². The lowest BCUT2D eigenvalue weighted by Gasteiger charge is -2.05. The number of aromatic nitrogens is 4. The van der Waals surface area contributed by atoms with Gasteiger partial charge in [0.1, 0.15) is 24.0 Å². The van der Waals surface area contributed by atoms with Crippen molar-refractivity contribution in [1.82, 2.24) is 20.2 Å². The van der Waals surface area contributed by atoms with Gasteiger partial charge >= 0.3 is 0 Å². The van der Waals surface area contributed by atoms with E-state index in [0.717, 1.165) is 25.2 Å². The molecular weight excluding hydrogens is 230 g/mol. The molecule has 0 unspecified atom stereocenters. The number of nitrogen functional groups attached to an aromatic ring is 1. The lowest BCUT2D eigenvalue weighted by Crippen LogP contribution is -2.06. The van der Waals surface area contributed by atoms with Crippen LogP contribution in [0.15, 0.2) is 18.5 Å². The minimum Gasteiger partial charge on any atom is -0.396 e. The maximum Gasteiger partial charge on any atom is 0.165 e. The lowest BCUT2D eigenvalue weighted by atomic mass is 10.3. The van der Waals surface area contributed by atoms with Gasteiger partial charge in [-0.3, -0.25) is 5.10 Å². The van der Waals surface area contributed by atoms with E-state index in [-0.39, 0.29) is 5.69 Å². The largest absolute Gasteiger partial charge is 0.396 e. The Morgan fingerprint density at radius 1 is 1.44 bits per heavy atom. The zero-order chi connectivity index (χ0) is 12.8. The number of nitrogens with one attached hydrogen (secondary N) is 2. The van der Waals surface area contributed by atoms with Crippen LogP contribution >= 0.6 is 0 Å². The minimum absolute atomic E-state index is 0.246. The molecule has 0 spiro atoms. The lowest BCUT2D eigenvalue weighted by molar-refractivity contribution is 0.803. The van der Waals surface area contributed by atoms with Crippen molar-refractivity contribution in [3.8, 4) is 6.07 Å². The van der Waals surface area contributed by atoms with Crippen molar-refractivity contribution < 1.29 is 0 Å². The number of nitriles is 1. The third kappa shape index (κ3) is 2.95. The second kappa shape index (κ2) is 5.63. The third-order valence-corrected chi connectivity index (χ3v) is 2.39. The first-order valence-electron chi connectivity index (χ1n) is 5.54. The number of aromatic amines is 1. The highest BCUT2D eigenvalue weighted by Gasteiger charge is 2.01. The summed E-state index contributed by atoms with van der Waals surface area (Å²) in [5, 5.41) is 18.5. The molecule has 0 aliphatic rings. The molecule has 2 heterocycles. The Labute approximate surface area is 104 Å². The highest BCUT2D eigenvalue weighted by Crippen LogP contribution is 2.11. The molecule has 2 aromatic heterocycles. The summed E-state index contributed by atoms with van der Waals surface area (Å²) in [5.74, 6) is 1.51. The fourth-order valence-corrected chi connectivity index (χ4v) is 1.48. The van der Waals surface area contributed by atoms with Gasteiger partial charge in [-0.1, -0.05) is 0 Å². The molecule has 4 N–H and O–H groups in total. The van der Waals surface area contributed by atoms with E-state index in [2.05, 4.69) is 25.5 Å². The summed E-state index contributed by atoms with van der Waals surface area (Å²) < 4.78 is 0.